The number of benzene rings is 1. The van der Waals surface area contributed by atoms with Gasteiger partial charge in [0.05, 0.1) is 5.52 Å². The highest BCUT2D eigenvalue weighted by Crippen LogP contribution is 2.30. The first-order chi connectivity index (χ1) is 6.66. The van der Waals surface area contributed by atoms with E-state index in [-0.39, 0.29) is 16.8 Å². The number of thiol groups is 1. The molecule has 0 unspecified atom stereocenters. The fourth-order valence-corrected chi connectivity index (χ4v) is 2.15. The van der Waals surface area contributed by atoms with Crippen molar-refractivity contribution in [3.05, 3.63) is 30.3 Å². The number of aromatic hydroxyl groups is 1. The topological polar surface area (TPSA) is 33.1 Å². The highest BCUT2D eigenvalue weighted by Gasteiger charge is 1.99. The molecular formula is C11H13NOS. The lowest BCUT2D eigenvalue weighted by atomic mass is 10.2. The number of pyridine rings is 1. The molecule has 2 aromatic rings. The largest absolute Gasteiger partial charge is 0.493 e. The van der Waals surface area contributed by atoms with Gasteiger partial charge in [-0.1, -0.05) is 0 Å². The molecule has 0 spiro atoms. The lowest BCUT2D eigenvalue weighted by molar-refractivity contribution is 0.456. The summed E-state index contributed by atoms with van der Waals surface area (Å²) in [6.45, 7) is 0. The van der Waals surface area contributed by atoms with Crippen LogP contribution in [0.3, 0.4) is 0 Å². The highest BCUT2D eigenvalue weighted by atomic mass is 32.2. The molecule has 0 atom stereocenters. The van der Waals surface area contributed by atoms with Gasteiger partial charge in [0.25, 0.3) is 0 Å². The summed E-state index contributed by atoms with van der Waals surface area (Å²) in [5.41, 5.74) is 0.852. The lowest BCUT2D eigenvalue weighted by Gasteiger charge is -2.09. The van der Waals surface area contributed by atoms with Crippen LogP contribution in [0.15, 0.2) is 35.2 Å². The van der Waals surface area contributed by atoms with Crippen LogP contribution >= 0.6 is 10.9 Å². The predicted molar refractivity (Wildman–Crippen MR) is 62.5 cm³/mol. The van der Waals surface area contributed by atoms with E-state index in [1.165, 1.54) is 4.90 Å². The number of nitrogens with zero attached hydrogens (tertiary/aromatic N) is 1. The van der Waals surface area contributed by atoms with E-state index in [0.29, 0.717) is 0 Å². The van der Waals surface area contributed by atoms with E-state index in [0.717, 1.165) is 10.9 Å². The first kappa shape index (κ1) is 9.34. The van der Waals surface area contributed by atoms with E-state index in [1.807, 2.05) is 12.1 Å². The van der Waals surface area contributed by atoms with Crippen molar-refractivity contribution in [2.75, 3.05) is 12.5 Å². The van der Waals surface area contributed by atoms with Crippen LogP contribution in [0, 0.1) is 0 Å². The van der Waals surface area contributed by atoms with Gasteiger partial charge in [-0.15, -0.1) is 0 Å². The molecule has 0 aliphatic rings. The summed E-state index contributed by atoms with van der Waals surface area (Å²) in [6.07, 6.45) is 4.45. The first-order valence-electron chi connectivity index (χ1n) is 4.44. The third kappa shape index (κ3) is 1.68. The maximum absolute atomic E-state index is 9.20. The number of aromatic nitrogens is 1. The second-order valence-corrected chi connectivity index (χ2v) is 5.75. The number of hydrogen-bond acceptors (Lipinski definition) is 2. The zero-order valence-corrected chi connectivity index (χ0v) is 9.12. The van der Waals surface area contributed by atoms with E-state index in [9.17, 15) is 5.11 Å². The van der Waals surface area contributed by atoms with Crippen LogP contribution in [0.5, 0.6) is 5.88 Å². The Hall–Kier alpha value is -1.22. The monoisotopic (exact) mass is 207 g/mol. The van der Waals surface area contributed by atoms with Crippen molar-refractivity contribution in [3.8, 4) is 5.88 Å². The van der Waals surface area contributed by atoms with Gasteiger partial charge in [-0.05, 0) is 41.7 Å². The molecule has 1 N–H and O–H groups in total. The van der Waals surface area contributed by atoms with Gasteiger partial charge in [0.2, 0.25) is 5.88 Å². The van der Waals surface area contributed by atoms with Gasteiger partial charge < -0.3 is 5.11 Å². The molecule has 0 amide bonds. The fourth-order valence-electron chi connectivity index (χ4n) is 1.38. The molecule has 74 valence electrons. The molecule has 0 aliphatic heterocycles. The van der Waals surface area contributed by atoms with Crippen molar-refractivity contribution < 1.29 is 5.11 Å². The zero-order chi connectivity index (χ0) is 10.1. The molecule has 2 rings (SSSR count). The van der Waals surface area contributed by atoms with E-state index in [1.54, 1.807) is 6.07 Å². The second-order valence-electron chi connectivity index (χ2n) is 3.44. The van der Waals surface area contributed by atoms with Crippen molar-refractivity contribution in [2.24, 2.45) is 0 Å². The van der Waals surface area contributed by atoms with Crippen molar-refractivity contribution in [1.29, 1.82) is 0 Å². The number of hydrogen-bond donors (Lipinski definition) is 2. The normalized spacial score (nSPS) is 11.7. The zero-order valence-electron chi connectivity index (χ0n) is 8.23. The summed E-state index contributed by atoms with van der Waals surface area (Å²) >= 11 is 0. The average molecular weight is 207 g/mol. The van der Waals surface area contributed by atoms with Crippen LogP contribution in [-0.2, 0) is 0 Å². The van der Waals surface area contributed by atoms with Gasteiger partial charge in [0.15, 0.2) is 0 Å². The van der Waals surface area contributed by atoms with Crippen LogP contribution in [-0.4, -0.2) is 22.6 Å². The van der Waals surface area contributed by atoms with Gasteiger partial charge in [0, 0.05) is 11.5 Å². The minimum Gasteiger partial charge on any atom is -0.493 e. The summed E-state index contributed by atoms with van der Waals surface area (Å²) in [5, 5.41) is 10.3. The van der Waals surface area contributed by atoms with Crippen molar-refractivity contribution >= 4 is 21.8 Å². The van der Waals surface area contributed by atoms with Gasteiger partial charge in [-0.3, -0.25) is 0 Å². The average Bonchev–Trinajstić information content (AvgIpc) is 2.16. The number of rotatable bonds is 1. The molecule has 2 nitrogen and oxygen atoms in total. The summed E-state index contributed by atoms with van der Waals surface area (Å²) in [4.78, 5) is 5.40. The van der Waals surface area contributed by atoms with E-state index >= 15 is 0 Å². The molecule has 3 heteroatoms. The molecule has 14 heavy (non-hydrogen) atoms. The predicted octanol–water partition coefficient (Wildman–Crippen LogP) is 2.56. The Morgan fingerprint density at radius 2 is 1.93 bits per heavy atom. The summed E-state index contributed by atoms with van der Waals surface area (Å²) in [7, 11) is -0.0667. The Bertz CT molecular complexity index is 468. The number of fused-ring (bicyclic) bond motifs is 1. The molecule has 0 bridgehead atoms. The smallest absolute Gasteiger partial charge is 0.211 e. The van der Waals surface area contributed by atoms with Gasteiger partial charge in [0.1, 0.15) is 0 Å². The quantitative estimate of drug-likeness (QED) is 0.704. The maximum Gasteiger partial charge on any atom is 0.211 e. The van der Waals surface area contributed by atoms with E-state index in [2.05, 4.69) is 29.6 Å². The standard InChI is InChI=1S/C11H13NOS/c1-14(2)9-4-5-10-8(7-9)3-6-11(13)12-10/h3-7,14H,1-2H3,(H,12,13). The van der Waals surface area contributed by atoms with Crippen LogP contribution in [0.1, 0.15) is 0 Å². The Morgan fingerprint density at radius 3 is 2.64 bits per heavy atom. The highest BCUT2D eigenvalue weighted by molar-refractivity contribution is 8.15. The summed E-state index contributed by atoms with van der Waals surface area (Å²) in [5.74, 6) is 0.0838. The Balaban J connectivity index is 2.62. The Morgan fingerprint density at radius 1 is 1.14 bits per heavy atom. The molecule has 0 aliphatic carbocycles. The van der Waals surface area contributed by atoms with Crippen LogP contribution in [0.25, 0.3) is 10.9 Å². The van der Waals surface area contributed by atoms with Crippen molar-refractivity contribution in [1.82, 2.24) is 4.98 Å². The molecule has 1 aromatic heterocycles. The van der Waals surface area contributed by atoms with Crippen LogP contribution in [0.4, 0.5) is 0 Å². The molecule has 1 heterocycles. The maximum atomic E-state index is 9.20. The van der Waals surface area contributed by atoms with Crippen LogP contribution < -0.4 is 0 Å². The minimum absolute atomic E-state index is 0.0667. The van der Waals surface area contributed by atoms with Crippen molar-refractivity contribution in [2.45, 2.75) is 4.90 Å². The Kier molecular flexibility index (Phi) is 2.33. The van der Waals surface area contributed by atoms with Crippen molar-refractivity contribution in [3.63, 3.8) is 0 Å². The lowest BCUT2D eigenvalue weighted by Crippen LogP contribution is -1.82. The summed E-state index contributed by atoms with van der Waals surface area (Å²) in [6, 6.07) is 9.72. The molecule has 0 fully saturated rings. The van der Waals surface area contributed by atoms with E-state index in [4.69, 9.17) is 0 Å². The van der Waals surface area contributed by atoms with E-state index < -0.39 is 0 Å². The summed E-state index contributed by atoms with van der Waals surface area (Å²) < 4.78 is 0. The third-order valence-electron chi connectivity index (χ3n) is 2.17. The molecule has 0 saturated carbocycles. The van der Waals surface area contributed by atoms with Gasteiger partial charge >= 0.3 is 0 Å². The van der Waals surface area contributed by atoms with Gasteiger partial charge in [-0.25, -0.2) is 15.9 Å². The second kappa shape index (κ2) is 3.50. The van der Waals surface area contributed by atoms with Crippen LogP contribution in [0.2, 0.25) is 0 Å². The van der Waals surface area contributed by atoms with Gasteiger partial charge in [-0.2, -0.15) is 0 Å². The Labute approximate surface area is 85.9 Å². The molecule has 0 radical (unpaired) electrons. The fraction of sp³-hybridized carbons (Fsp3) is 0.182. The molecular weight excluding hydrogens is 194 g/mol. The molecule has 0 saturated heterocycles. The first-order valence-corrected chi connectivity index (χ1v) is 6.67. The molecule has 1 aromatic carbocycles. The third-order valence-corrected chi connectivity index (χ3v) is 3.49. The SMILES string of the molecule is C[SH](C)c1ccc2nc(O)ccc2c1. The minimum atomic E-state index is -0.0667.